The van der Waals surface area contributed by atoms with Gasteiger partial charge in [0.25, 0.3) is 0 Å². The van der Waals surface area contributed by atoms with Gasteiger partial charge in [-0.3, -0.25) is 9.69 Å². The van der Waals surface area contributed by atoms with Gasteiger partial charge in [0.2, 0.25) is 5.91 Å². The first-order chi connectivity index (χ1) is 8.17. The van der Waals surface area contributed by atoms with Crippen molar-refractivity contribution in [1.82, 2.24) is 9.80 Å². The molecule has 0 aromatic heterocycles. The van der Waals surface area contributed by atoms with Gasteiger partial charge < -0.3 is 14.4 Å². The summed E-state index contributed by atoms with van der Waals surface area (Å²) in [6.07, 6.45) is 0.786. The van der Waals surface area contributed by atoms with Crippen LogP contribution in [0.4, 0.5) is 0 Å². The molecule has 1 fully saturated rings. The predicted octanol–water partition coefficient (Wildman–Crippen LogP) is 0.550. The first-order valence-corrected chi connectivity index (χ1v) is 6.36. The van der Waals surface area contributed by atoms with E-state index < -0.39 is 0 Å². The molecule has 5 nitrogen and oxygen atoms in total. The van der Waals surface area contributed by atoms with Crippen LogP contribution < -0.4 is 0 Å². The molecular formula is C12H24N2O3. The fourth-order valence-corrected chi connectivity index (χ4v) is 1.94. The molecule has 0 bridgehead atoms. The minimum atomic E-state index is -0.221. The van der Waals surface area contributed by atoms with Gasteiger partial charge in [-0.2, -0.15) is 0 Å². The van der Waals surface area contributed by atoms with E-state index in [4.69, 9.17) is 9.47 Å². The minimum Gasteiger partial charge on any atom is -0.352 e. The van der Waals surface area contributed by atoms with Crippen molar-refractivity contribution in [1.29, 1.82) is 0 Å². The van der Waals surface area contributed by atoms with Crippen molar-refractivity contribution >= 4 is 5.91 Å². The van der Waals surface area contributed by atoms with Gasteiger partial charge in [-0.25, -0.2) is 0 Å². The maximum Gasteiger partial charge on any atom is 0.236 e. The number of nitrogens with zero attached hydrogens (tertiary/aromatic N) is 2. The molecule has 17 heavy (non-hydrogen) atoms. The third-order valence-electron chi connectivity index (χ3n) is 2.86. The van der Waals surface area contributed by atoms with E-state index in [1.807, 2.05) is 20.9 Å². The Morgan fingerprint density at radius 2 is 1.88 bits per heavy atom. The smallest absolute Gasteiger partial charge is 0.236 e. The summed E-state index contributed by atoms with van der Waals surface area (Å²) in [7, 11) is 1.86. The second-order valence-electron chi connectivity index (χ2n) is 4.24. The van der Waals surface area contributed by atoms with E-state index in [1.54, 1.807) is 4.90 Å². The zero-order chi connectivity index (χ0) is 12.7. The van der Waals surface area contributed by atoms with Crippen LogP contribution in [0.2, 0.25) is 0 Å². The molecule has 0 unspecified atom stereocenters. The first kappa shape index (κ1) is 14.4. The maximum absolute atomic E-state index is 11.7. The highest BCUT2D eigenvalue weighted by molar-refractivity contribution is 5.78. The highest BCUT2D eigenvalue weighted by atomic mass is 16.7. The third kappa shape index (κ3) is 5.02. The summed E-state index contributed by atoms with van der Waals surface area (Å²) in [5.41, 5.74) is 0. The maximum atomic E-state index is 11.7. The molecule has 1 rings (SSSR count). The van der Waals surface area contributed by atoms with Gasteiger partial charge in [0.1, 0.15) is 0 Å². The van der Waals surface area contributed by atoms with Crippen LogP contribution in [-0.2, 0) is 14.3 Å². The van der Waals surface area contributed by atoms with Crippen LogP contribution in [0.1, 0.15) is 20.3 Å². The summed E-state index contributed by atoms with van der Waals surface area (Å²) in [4.78, 5) is 15.6. The number of hydrogen-bond acceptors (Lipinski definition) is 4. The second kappa shape index (κ2) is 7.63. The molecule has 1 heterocycles. The summed E-state index contributed by atoms with van der Waals surface area (Å²) >= 11 is 0. The van der Waals surface area contributed by atoms with Crippen LogP contribution in [0.5, 0.6) is 0 Å². The van der Waals surface area contributed by atoms with Crippen molar-refractivity contribution in [3.63, 3.8) is 0 Å². The molecule has 0 aromatic rings. The molecule has 0 aromatic carbocycles. The molecule has 0 saturated carbocycles. The molecule has 0 N–H and O–H groups in total. The zero-order valence-corrected chi connectivity index (χ0v) is 11.1. The van der Waals surface area contributed by atoms with Gasteiger partial charge in [0.15, 0.2) is 6.29 Å². The minimum absolute atomic E-state index is 0.175. The van der Waals surface area contributed by atoms with E-state index in [0.29, 0.717) is 26.3 Å². The fourth-order valence-electron chi connectivity index (χ4n) is 1.94. The van der Waals surface area contributed by atoms with E-state index >= 15 is 0 Å². The molecule has 1 aliphatic rings. The monoisotopic (exact) mass is 244 g/mol. The van der Waals surface area contributed by atoms with Crippen molar-refractivity contribution in [3.05, 3.63) is 0 Å². The second-order valence-corrected chi connectivity index (χ2v) is 4.24. The van der Waals surface area contributed by atoms with Crippen LogP contribution in [-0.4, -0.2) is 68.4 Å². The summed E-state index contributed by atoms with van der Waals surface area (Å²) in [6.45, 7) is 8.06. The highest BCUT2D eigenvalue weighted by Crippen LogP contribution is 2.06. The van der Waals surface area contributed by atoms with E-state index in [2.05, 4.69) is 4.90 Å². The normalized spacial score (nSPS) is 18.8. The number of hydrogen-bond donors (Lipinski definition) is 0. The quantitative estimate of drug-likeness (QED) is 0.640. The average Bonchev–Trinajstić information content (AvgIpc) is 2.43. The summed E-state index contributed by atoms with van der Waals surface area (Å²) in [6, 6.07) is 0. The lowest BCUT2D eigenvalue weighted by molar-refractivity contribution is -0.149. The molecule has 1 amide bonds. The number of carbonyl (C=O) groups is 1. The van der Waals surface area contributed by atoms with E-state index in [-0.39, 0.29) is 12.2 Å². The Kier molecular flexibility index (Phi) is 6.47. The van der Waals surface area contributed by atoms with E-state index in [9.17, 15) is 4.79 Å². The Bertz CT molecular complexity index is 230. The SMILES string of the molecule is CCOC(CN1CCCN(C)C(=O)C1)OCC. The first-order valence-electron chi connectivity index (χ1n) is 6.36. The fraction of sp³-hybridized carbons (Fsp3) is 0.917. The van der Waals surface area contributed by atoms with Crippen LogP contribution in [0.3, 0.4) is 0 Å². The van der Waals surface area contributed by atoms with Crippen LogP contribution >= 0.6 is 0 Å². The lowest BCUT2D eigenvalue weighted by atomic mass is 10.4. The molecule has 100 valence electrons. The van der Waals surface area contributed by atoms with E-state index in [1.165, 1.54) is 0 Å². The predicted molar refractivity (Wildman–Crippen MR) is 65.7 cm³/mol. The average molecular weight is 244 g/mol. The van der Waals surface area contributed by atoms with Crippen molar-refractivity contribution in [2.24, 2.45) is 0 Å². The summed E-state index contributed by atoms with van der Waals surface area (Å²) in [5, 5.41) is 0. The van der Waals surface area contributed by atoms with Crippen molar-refractivity contribution in [3.8, 4) is 0 Å². The Morgan fingerprint density at radius 3 is 2.47 bits per heavy atom. The van der Waals surface area contributed by atoms with Crippen molar-refractivity contribution < 1.29 is 14.3 Å². The standard InChI is InChI=1S/C12H24N2O3/c1-4-16-12(17-5-2)10-14-8-6-7-13(3)11(15)9-14/h12H,4-10H2,1-3H3. The Balaban J connectivity index is 2.44. The molecule has 0 radical (unpaired) electrons. The van der Waals surface area contributed by atoms with Gasteiger partial charge in [-0.15, -0.1) is 0 Å². The molecule has 0 atom stereocenters. The Morgan fingerprint density at radius 1 is 1.24 bits per heavy atom. The largest absolute Gasteiger partial charge is 0.352 e. The van der Waals surface area contributed by atoms with Gasteiger partial charge in [-0.1, -0.05) is 0 Å². The van der Waals surface area contributed by atoms with Gasteiger partial charge in [0.05, 0.1) is 13.1 Å². The molecule has 0 aliphatic carbocycles. The summed E-state index contributed by atoms with van der Waals surface area (Å²) in [5.74, 6) is 0.175. The summed E-state index contributed by atoms with van der Waals surface area (Å²) < 4.78 is 11.0. The lowest BCUT2D eigenvalue weighted by Gasteiger charge is -2.25. The topological polar surface area (TPSA) is 42.0 Å². The van der Waals surface area contributed by atoms with Crippen molar-refractivity contribution in [2.45, 2.75) is 26.6 Å². The number of amides is 1. The Hall–Kier alpha value is -0.650. The van der Waals surface area contributed by atoms with Crippen LogP contribution in [0, 0.1) is 0 Å². The number of carbonyl (C=O) groups excluding carboxylic acids is 1. The molecular weight excluding hydrogens is 220 g/mol. The molecule has 1 saturated heterocycles. The zero-order valence-electron chi connectivity index (χ0n) is 11.1. The van der Waals surface area contributed by atoms with Gasteiger partial charge in [-0.05, 0) is 20.3 Å². The molecule has 5 heteroatoms. The lowest BCUT2D eigenvalue weighted by Crippen LogP contribution is -2.40. The Labute approximate surface area is 104 Å². The van der Waals surface area contributed by atoms with Crippen molar-refractivity contribution in [2.75, 3.05) is 46.4 Å². The van der Waals surface area contributed by atoms with Crippen LogP contribution in [0.15, 0.2) is 0 Å². The van der Waals surface area contributed by atoms with Gasteiger partial charge in [0, 0.05) is 33.4 Å². The highest BCUT2D eigenvalue weighted by Gasteiger charge is 2.21. The molecule has 1 aliphatic heterocycles. The molecule has 0 spiro atoms. The number of rotatable bonds is 6. The number of likely N-dealkylation sites (N-methyl/N-ethyl adjacent to an activating group) is 1. The van der Waals surface area contributed by atoms with Gasteiger partial charge >= 0.3 is 0 Å². The number of ether oxygens (including phenoxy) is 2. The van der Waals surface area contributed by atoms with Crippen LogP contribution in [0.25, 0.3) is 0 Å². The van der Waals surface area contributed by atoms with E-state index in [0.717, 1.165) is 19.5 Å². The third-order valence-corrected chi connectivity index (χ3v) is 2.86.